The predicted octanol–water partition coefficient (Wildman–Crippen LogP) is 1.88. The Labute approximate surface area is 120 Å². The van der Waals surface area contributed by atoms with Crippen LogP contribution in [0.3, 0.4) is 0 Å². The number of aryl methyl sites for hydroxylation is 2. The van der Waals surface area contributed by atoms with Crippen LogP contribution in [-0.4, -0.2) is 37.0 Å². The van der Waals surface area contributed by atoms with Crippen molar-refractivity contribution in [2.45, 2.75) is 26.7 Å². The van der Waals surface area contributed by atoms with E-state index in [4.69, 9.17) is 10.5 Å². The van der Waals surface area contributed by atoms with Crippen LogP contribution in [-0.2, 0) is 4.79 Å². The van der Waals surface area contributed by atoms with Crippen LogP contribution in [0, 0.1) is 19.8 Å². The number of nitrogens with zero attached hydrogens (tertiary/aromatic N) is 1. The molecule has 1 amide bonds. The van der Waals surface area contributed by atoms with Gasteiger partial charge in [0.05, 0.1) is 13.0 Å². The first-order valence-corrected chi connectivity index (χ1v) is 7.28. The lowest BCUT2D eigenvalue weighted by Crippen LogP contribution is -2.30. The molecular formula is C16H24N2O2. The number of benzene rings is 1. The SMILES string of the molecule is Cc1ccc(OCCC(=O)N2CC[C@H](CN)C2)c(C)c1. The smallest absolute Gasteiger partial charge is 0.226 e. The van der Waals surface area contributed by atoms with Gasteiger partial charge in [-0.25, -0.2) is 0 Å². The van der Waals surface area contributed by atoms with Crippen molar-refractivity contribution in [1.82, 2.24) is 4.90 Å². The Kier molecular flexibility index (Phi) is 5.01. The first-order valence-electron chi connectivity index (χ1n) is 7.28. The van der Waals surface area contributed by atoms with Crippen molar-refractivity contribution in [3.8, 4) is 5.75 Å². The molecule has 0 radical (unpaired) electrons. The lowest BCUT2D eigenvalue weighted by molar-refractivity contribution is -0.130. The molecule has 0 saturated carbocycles. The van der Waals surface area contributed by atoms with Gasteiger partial charge in [0.1, 0.15) is 5.75 Å². The van der Waals surface area contributed by atoms with Crippen molar-refractivity contribution in [3.63, 3.8) is 0 Å². The van der Waals surface area contributed by atoms with E-state index in [1.165, 1.54) is 5.56 Å². The van der Waals surface area contributed by atoms with Gasteiger partial charge in [0, 0.05) is 13.1 Å². The van der Waals surface area contributed by atoms with Crippen molar-refractivity contribution in [2.75, 3.05) is 26.2 Å². The molecule has 1 aromatic carbocycles. The van der Waals surface area contributed by atoms with Crippen molar-refractivity contribution >= 4 is 5.91 Å². The second kappa shape index (κ2) is 6.75. The lowest BCUT2D eigenvalue weighted by atomic mass is 10.1. The molecule has 1 fully saturated rings. The van der Waals surface area contributed by atoms with Crippen molar-refractivity contribution < 1.29 is 9.53 Å². The molecule has 0 unspecified atom stereocenters. The van der Waals surface area contributed by atoms with Gasteiger partial charge in [0.25, 0.3) is 0 Å². The van der Waals surface area contributed by atoms with Gasteiger partial charge in [0.2, 0.25) is 5.91 Å². The highest BCUT2D eigenvalue weighted by molar-refractivity contribution is 5.76. The molecule has 4 heteroatoms. The molecule has 1 heterocycles. The van der Waals surface area contributed by atoms with Gasteiger partial charge < -0.3 is 15.4 Å². The highest BCUT2D eigenvalue weighted by atomic mass is 16.5. The average Bonchev–Trinajstić information content (AvgIpc) is 2.90. The third kappa shape index (κ3) is 3.73. The van der Waals surface area contributed by atoms with E-state index in [2.05, 4.69) is 13.0 Å². The van der Waals surface area contributed by atoms with Gasteiger partial charge in [0.15, 0.2) is 0 Å². The zero-order valence-corrected chi connectivity index (χ0v) is 12.4. The van der Waals surface area contributed by atoms with E-state index in [1.54, 1.807) is 0 Å². The molecule has 1 saturated heterocycles. The maximum absolute atomic E-state index is 12.0. The van der Waals surface area contributed by atoms with Gasteiger partial charge in [-0.05, 0) is 44.4 Å². The quantitative estimate of drug-likeness (QED) is 0.893. The molecule has 110 valence electrons. The molecule has 20 heavy (non-hydrogen) atoms. The number of carbonyl (C=O) groups excluding carboxylic acids is 1. The highest BCUT2D eigenvalue weighted by Gasteiger charge is 2.24. The summed E-state index contributed by atoms with van der Waals surface area (Å²) in [5, 5.41) is 0. The summed E-state index contributed by atoms with van der Waals surface area (Å²) in [6, 6.07) is 6.08. The summed E-state index contributed by atoms with van der Waals surface area (Å²) < 4.78 is 5.70. The first kappa shape index (κ1) is 14.9. The molecule has 0 spiro atoms. The lowest BCUT2D eigenvalue weighted by Gasteiger charge is -2.16. The minimum atomic E-state index is 0.172. The number of nitrogens with two attached hydrogens (primary N) is 1. The van der Waals surface area contributed by atoms with Gasteiger partial charge >= 0.3 is 0 Å². The number of hydrogen-bond donors (Lipinski definition) is 1. The molecule has 1 aliphatic rings. The van der Waals surface area contributed by atoms with Crippen LogP contribution in [0.2, 0.25) is 0 Å². The maximum Gasteiger partial charge on any atom is 0.226 e. The first-order chi connectivity index (χ1) is 9.60. The van der Waals surface area contributed by atoms with E-state index in [1.807, 2.05) is 24.0 Å². The molecule has 1 aromatic rings. The average molecular weight is 276 g/mol. The molecule has 1 atom stereocenters. The van der Waals surface area contributed by atoms with Crippen molar-refractivity contribution in [2.24, 2.45) is 11.7 Å². The van der Waals surface area contributed by atoms with Crippen LogP contribution in [0.25, 0.3) is 0 Å². The molecule has 2 rings (SSSR count). The summed E-state index contributed by atoms with van der Waals surface area (Å²) in [5.41, 5.74) is 7.97. The zero-order valence-electron chi connectivity index (χ0n) is 12.4. The summed E-state index contributed by atoms with van der Waals surface area (Å²) in [6.45, 7) is 6.83. The molecule has 0 aliphatic carbocycles. The zero-order chi connectivity index (χ0) is 14.5. The fourth-order valence-electron chi connectivity index (χ4n) is 2.62. The van der Waals surface area contributed by atoms with E-state index in [-0.39, 0.29) is 5.91 Å². The molecule has 0 aromatic heterocycles. The Bertz CT molecular complexity index is 474. The highest BCUT2D eigenvalue weighted by Crippen LogP contribution is 2.19. The minimum Gasteiger partial charge on any atom is -0.493 e. The van der Waals surface area contributed by atoms with Crippen LogP contribution in [0.1, 0.15) is 24.0 Å². The van der Waals surface area contributed by atoms with Crippen LogP contribution in [0.4, 0.5) is 0 Å². The molecule has 0 bridgehead atoms. The number of carbonyl (C=O) groups is 1. The molecule has 1 aliphatic heterocycles. The third-order valence-electron chi connectivity index (χ3n) is 3.88. The van der Waals surface area contributed by atoms with E-state index in [0.717, 1.165) is 30.8 Å². The van der Waals surface area contributed by atoms with Crippen molar-refractivity contribution in [1.29, 1.82) is 0 Å². The van der Waals surface area contributed by atoms with Gasteiger partial charge in [-0.15, -0.1) is 0 Å². The molecule has 4 nitrogen and oxygen atoms in total. The molecular weight excluding hydrogens is 252 g/mol. The Morgan fingerprint density at radius 1 is 1.45 bits per heavy atom. The van der Waals surface area contributed by atoms with E-state index >= 15 is 0 Å². The second-order valence-electron chi connectivity index (χ2n) is 5.60. The third-order valence-corrected chi connectivity index (χ3v) is 3.88. The topological polar surface area (TPSA) is 55.6 Å². The summed E-state index contributed by atoms with van der Waals surface area (Å²) in [5.74, 6) is 1.51. The van der Waals surface area contributed by atoms with Crippen LogP contribution in [0.15, 0.2) is 18.2 Å². The van der Waals surface area contributed by atoms with E-state index in [0.29, 0.717) is 25.5 Å². The minimum absolute atomic E-state index is 0.172. The number of amides is 1. The fraction of sp³-hybridized carbons (Fsp3) is 0.562. The summed E-state index contributed by atoms with van der Waals surface area (Å²) in [7, 11) is 0. The van der Waals surface area contributed by atoms with Gasteiger partial charge in [-0.2, -0.15) is 0 Å². The Morgan fingerprint density at radius 2 is 2.25 bits per heavy atom. The Balaban J connectivity index is 1.77. The van der Waals surface area contributed by atoms with Crippen LogP contribution < -0.4 is 10.5 Å². The number of rotatable bonds is 5. The van der Waals surface area contributed by atoms with Crippen LogP contribution >= 0.6 is 0 Å². The predicted molar refractivity (Wildman–Crippen MR) is 79.8 cm³/mol. The Morgan fingerprint density at radius 3 is 2.90 bits per heavy atom. The number of hydrogen-bond acceptors (Lipinski definition) is 3. The molecule has 2 N–H and O–H groups in total. The normalized spacial score (nSPS) is 18.4. The fourth-order valence-corrected chi connectivity index (χ4v) is 2.62. The van der Waals surface area contributed by atoms with Crippen LogP contribution in [0.5, 0.6) is 5.75 Å². The monoisotopic (exact) mass is 276 g/mol. The second-order valence-corrected chi connectivity index (χ2v) is 5.60. The van der Waals surface area contributed by atoms with E-state index in [9.17, 15) is 4.79 Å². The van der Waals surface area contributed by atoms with Crippen molar-refractivity contribution in [3.05, 3.63) is 29.3 Å². The van der Waals surface area contributed by atoms with E-state index < -0.39 is 0 Å². The van der Waals surface area contributed by atoms with Gasteiger partial charge in [-0.3, -0.25) is 4.79 Å². The number of ether oxygens (including phenoxy) is 1. The Hall–Kier alpha value is -1.55. The summed E-state index contributed by atoms with van der Waals surface area (Å²) in [6.07, 6.45) is 1.46. The summed E-state index contributed by atoms with van der Waals surface area (Å²) in [4.78, 5) is 13.9. The summed E-state index contributed by atoms with van der Waals surface area (Å²) >= 11 is 0. The standard InChI is InChI=1S/C16H24N2O2/c1-12-3-4-15(13(2)9-12)20-8-6-16(19)18-7-5-14(10-17)11-18/h3-4,9,14H,5-8,10-11,17H2,1-2H3/t14-/m1/s1. The van der Waals surface area contributed by atoms with Gasteiger partial charge in [-0.1, -0.05) is 17.7 Å². The number of likely N-dealkylation sites (tertiary alicyclic amines) is 1. The largest absolute Gasteiger partial charge is 0.493 e. The maximum atomic E-state index is 12.0.